The molecule has 0 aliphatic rings. The number of nitro groups is 1. The van der Waals surface area contributed by atoms with Crippen LogP contribution in [0.5, 0.6) is 0 Å². The monoisotopic (exact) mass is 238 g/mol. The molecule has 0 spiro atoms. The minimum absolute atomic E-state index is 0.0438. The van der Waals surface area contributed by atoms with Gasteiger partial charge in [-0.25, -0.2) is 0 Å². The third-order valence-corrected chi connectivity index (χ3v) is 2.61. The molecule has 0 fully saturated rings. The summed E-state index contributed by atoms with van der Waals surface area (Å²) in [4.78, 5) is 12.3. The Morgan fingerprint density at radius 2 is 2.12 bits per heavy atom. The molecule has 1 N–H and O–H groups in total. The van der Waals surface area contributed by atoms with E-state index in [4.69, 9.17) is 5.11 Å². The first-order chi connectivity index (χ1) is 8.10. The van der Waals surface area contributed by atoms with Crippen LogP contribution in [-0.4, -0.2) is 29.7 Å². The van der Waals surface area contributed by atoms with Crippen LogP contribution < -0.4 is 4.90 Å². The van der Waals surface area contributed by atoms with E-state index in [-0.39, 0.29) is 12.3 Å². The Morgan fingerprint density at radius 3 is 2.65 bits per heavy atom. The Bertz CT molecular complexity index is 387. The highest BCUT2D eigenvalue weighted by molar-refractivity contribution is 5.58. The van der Waals surface area contributed by atoms with Crippen LogP contribution in [0.25, 0.3) is 0 Å². The van der Waals surface area contributed by atoms with Crippen LogP contribution in [0.1, 0.15) is 18.9 Å². The van der Waals surface area contributed by atoms with Crippen molar-refractivity contribution in [3.8, 4) is 0 Å². The normalized spacial score (nSPS) is 10.3. The molecule has 1 aromatic carbocycles. The molecule has 5 heteroatoms. The summed E-state index contributed by atoms with van der Waals surface area (Å²) in [6, 6.07) is 4.82. The van der Waals surface area contributed by atoms with Crippen molar-refractivity contribution in [2.45, 2.75) is 20.3 Å². The molecule has 0 radical (unpaired) electrons. The van der Waals surface area contributed by atoms with Crippen molar-refractivity contribution in [3.05, 3.63) is 33.9 Å². The van der Waals surface area contributed by atoms with Crippen LogP contribution in [0, 0.1) is 17.0 Å². The average molecular weight is 238 g/mol. The summed E-state index contributed by atoms with van der Waals surface area (Å²) in [5, 5.41) is 19.8. The van der Waals surface area contributed by atoms with Gasteiger partial charge in [-0.1, -0.05) is 13.0 Å². The fourth-order valence-electron chi connectivity index (χ4n) is 1.80. The van der Waals surface area contributed by atoms with Crippen LogP contribution in [0.2, 0.25) is 0 Å². The van der Waals surface area contributed by atoms with Gasteiger partial charge in [-0.3, -0.25) is 10.1 Å². The Labute approximate surface area is 101 Å². The Hall–Kier alpha value is -1.62. The molecule has 5 nitrogen and oxygen atoms in total. The number of aryl methyl sites for hydroxylation is 1. The molecule has 0 bridgehead atoms. The van der Waals surface area contributed by atoms with Crippen LogP contribution in [0.3, 0.4) is 0 Å². The molecule has 0 saturated heterocycles. The lowest BCUT2D eigenvalue weighted by Crippen LogP contribution is -2.28. The van der Waals surface area contributed by atoms with Gasteiger partial charge in [-0.2, -0.15) is 0 Å². The van der Waals surface area contributed by atoms with E-state index in [0.717, 1.165) is 24.2 Å². The molecule has 1 aromatic rings. The number of non-ortho nitro benzene ring substituents is 1. The number of benzene rings is 1. The van der Waals surface area contributed by atoms with Crippen LogP contribution in [-0.2, 0) is 0 Å². The average Bonchev–Trinajstić information content (AvgIpc) is 2.29. The summed E-state index contributed by atoms with van der Waals surface area (Å²) >= 11 is 0. The van der Waals surface area contributed by atoms with Crippen LogP contribution in [0.4, 0.5) is 11.4 Å². The molecule has 0 saturated carbocycles. The number of nitro benzene ring substituents is 1. The van der Waals surface area contributed by atoms with Crippen molar-refractivity contribution in [2.75, 3.05) is 24.6 Å². The minimum atomic E-state index is -0.397. The van der Waals surface area contributed by atoms with Gasteiger partial charge in [0.25, 0.3) is 5.69 Å². The summed E-state index contributed by atoms with van der Waals surface area (Å²) in [6.07, 6.45) is 0.933. The lowest BCUT2D eigenvalue weighted by atomic mass is 10.1. The maximum Gasteiger partial charge on any atom is 0.271 e. The maximum absolute atomic E-state index is 10.7. The smallest absolute Gasteiger partial charge is 0.271 e. The van der Waals surface area contributed by atoms with E-state index >= 15 is 0 Å². The van der Waals surface area contributed by atoms with Crippen molar-refractivity contribution in [1.82, 2.24) is 0 Å². The number of rotatable bonds is 6. The molecule has 0 unspecified atom stereocenters. The highest BCUT2D eigenvalue weighted by Gasteiger charge is 2.13. The summed E-state index contributed by atoms with van der Waals surface area (Å²) in [6.45, 7) is 5.27. The molecule has 0 amide bonds. The van der Waals surface area contributed by atoms with Crippen molar-refractivity contribution >= 4 is 11.4 Å². The Morgan fingerprint density at radius 1 is 1.41 bits per heavy atom. The number of hydrogen-bond acceptors (Lipinski definition) is 4. The van der Waals surface area contributed by atoms with Gasteiger partial charge in [0.05, 0.1) is 11.5 Å². The fraction of sp³-hybridized carbons (Fsp3) is 0.500. The molecular formula is C12H18N2O3. The van der Waals surface area contributed by atoms with Crippen molar-refractivity contribution in [2.24, 2.45) is 0 Å². The highest BCUT2D eigenvalue weighted by Crippen LogP contribution is 2.25. The minimum Gasteiger partial charge on any atom is -0.395 e. The molecule has 0 aromatic heterocycles. The zero-order valence-corrected chi connectivity index (χ0v) is 10.2. The molecule has 0 aliphatic carbocycles. The predicted octanol–water partition coefficient (Wildman–Crippen LogP) is 2.11. The van der Waals surface area contributed by atoms with Crippen molar-refractivity contribution in [3.63, 3.8) is 0 Å². The molecule has 17 heavy (non-hydrogen) atoms. The van der Waals surface area contributed by atoms with Gasteiger partial charge in [0.1, 0.15) is 0 Å². The topological polar surface area (TPSA) is 66.6 Å². The van der Waals surface area contributed by atoms with E-state index in [0.29, 0.717) is 6.54 Å². The van der Waals surface area contributed by atoms with Crippen molar-refractivity contribution in [1.29, 1.82) is 0 Å². The first kappa shape index (κ1) is 13.4. The summed E-state index contributed by atoms with van der Waals surface area (Å²) < 4.78 is 0. The van der Waals surface area contributed by atoms with E-state index in [1.807, 2.05) is 18.7 Å². The van der Waals surface area contributed by atoms with E-state index in [9.17, 15) is 10.1 Å². The molecule has 0 heterocycles. The zero-order valence-electron chi connectivity index (χ0n) is 10.2. The fourth-order valence-corrected chi connectivity index (χ4v) is 1.80. The van der Waals surface area contributed by atoms with Crippen LogP contribution >= 0.6 is 0 Å². The van der Waals surface area contributed by atoms with Gasteiger partial charge in [0.2, 0.25) is 0 Å². The quantitative estimate of drug-likeness (QED) is 0.609. The van der Waals surface area contributed by atoms with Crippen LogP contribution in [0.15, 0.2) is 18.2 Å². The maximum atomic E-state index is 10.7. The Kier molecular flexibility index (Phi) is 4.90. The van der Waals surface area contributed by atoms with E-state index in [2.05, 4.69) is 0 Å². The van der Waals surface area contributed by atoms with Crippen molar-refractivity contribution < 1.29 is 10.0 Å². The first-order valence-corrected chi connectivity index (χ1v) is 5.71. The van der Waals surface area contributed by atoms with Gasteiger partial charge in [0.15, 0.2) is 0 Å². The first-order valence-electron chi connectivity index (χ1n) is 5.71. The largest absolute Gasteiger partial charge is 0.395 e. The lowest BCUT2D eigenvalue weighted by Gasteiger charge is -2.24. The number of aliphatic hydroxyl groups excluding tert-OH is 1. The van der Waals surface area contributed by atoms with Gasteiger partial charge in [0, 0.05) is 30.9 Å². The van der Waals surface area contributed by atoms with Gasteiger partial charge < -0.3 is 10.0 Å². The molecule has 94 valence electrons. The number of aliphatic hydroxyl groups is 1. The van der Waals surface area contributed by atoms with E-state index in [1.165, 1.54) is 6.07 Å². The summed E-state index contributed by atoms with van der Waals surface area (Å²) in [5.74, 6) is 0. The molecular weight excluding hydrogens is 220 g/mol. The van der Waals surface area contributed by atoms with Gasteiger partial charge in [-0.05, 0) is 18.9 Å². The third kappa shape index (κ3) is 3.42. The van der Waals surface area contributed by atoms with E-state index < -0.39 is 4.92 Å². The third-order valence-electron chi connectivity index (χ3n) is 2.61. The molecule has 1 rings (SSSR count). The standard InChI is InChI=1S/C12H18N2O3/c1-3-6-13(7-8-15)12-9-11(14(16)17)5-4-10(12)2/h4-5,9,15H,3,6-8H2,1-2H3. The van der Waals surface area contributed by atoms with Gasteiger partial charge >= 0.3 is 0 Å². The number of hydrogen-bond donors (Lipinski definition) is 1. The zero-order chi connectivity index (χ0) is 12.8. The van der Waals surface area contributed by atoms with Gasteiger partial charge in [-0.15, -0.1) is 0 Å². The predicted molar refractivity (Wildman–Crippen MR) is 67.4 cm³/mol. The second-order valence-electron chi connectivity index (χ2n) is 3.94. The molecule has 0 aliphatic heterocycles. The highest BCUT2D eigenvalue weighted by atomic mass is 16.6. The SMILES string of the molecule is CCCN(CCO)c1cc([N+](=O)[O-])ccc1C. The summed E-state index contributed by atoms with van der Waals surface area (Å²) in [7, 11) is 0. The molecule has 0 atom stereocenters. The van der Waals surface area contributed by atoms with E-state index in [1.54, 1.807) is 12.1 Å². The lowest BCUT2D eigenvalue weighted by molar-refractivity contribution is -0.384. The number of anilines is 1. The second kappa shape index (κ2) is 6.20. The summed E-state index contributed by atoms with van der Waals surface area (Å²) in [5.41, 5.74) is 1.90. The Balaban J connectivity index is 3.07. The second-order valence-corrected chi connectivity index (χ2v) is 3.94. The number of nitrogens with zero attached hydrogens (tertiary/aromatic N) is 2.